The Balaban J connectivity index is 1.64. The van der Waals surface area contributed by atoms with Gasteiger partial charge in [0.2, 0.25) is 0 Å². The van der Waals surface area contributed by atoms with E-state index in [1.165, 1.54) is 6.07 Å². The zero-order valence-electron chi connectivity index (χ0n) is 12.6. The first-order valence-electron chi connectivity index (χ1n) is 7.97. The number of likely N-dealkylation sites (tertiary alicyclic amines) is 1. The summed E-state index contributed by atoms with van der Waals surface area (Å²) in [5.41, 5.74) is 3.21. The number of H-pyrrole nitrogens is 1. The molecule has 2 heterocycles. The molecule has 4 rings (SSSR count). The van der Waals surface area contributed by atoms with Crippen molar-refractivity contribution >= 4 is 5.91 Å². The second-order valence-corrected chi connectivity index (χ2v) is 6.21. The van der Waals surface area contributed by atoms with Crippen LogP contribution in [0, 0.1) is 11.6 Å². The third kappa shape index (κ3) is 2.33. The lowest BCUT2D eigenvalue weighted by Gasteiger charge is -2.24. The van der Waals surface area contributed by atoms with Crippen molar-refractivity contribution < 1.29 is 13.6 Å². The Morgan fingerprint density at radius 2 is 2.09 bits per heavy atom. The Kier molecular flexibility index (Phi) is 3.39. The Morgan fingerprint density at radius 3 is 2.91 bits per heavy atom. The summed E-state index contributed by atoms with van der Waals surface area (Å²) in [4.78, 5) is 14.6. The summed E-state index contributed by atoms with van der Waals surface area (Å²) < 4.78 is 26.7. The molecule has 1 aromatic carbocycles. The summed E-state index contributed by atoms with van der Waals surface area (Å²) in [7, 11) is 0. The van der Waals surface area contributed by atoms with Crippen LogP contribution in [0.5, 0.6) is 0 Å². The Labute approximate surface area is 132 Å². The Hall–Kier alpha value is -2.24. The fourth-order valence-corrected chi connectivity index (χ4v) is 3.71. The lowest BCUT2D eigenvalue weighted by molar-refractivity contribution is 0.0728. The smallest absolute Gasteiger partial charge is 0.275 e. The fourth-order valence-electron chi connectivity index (χ4n) is 3.71. The van der Waals surface area contributed by atoms with Crippen molar-refractivity contribution in [2.45, 2.75) is 38.1 Å². The summed E-state index contributed by atoms with van der Waals surface area (Å²) in [6.07, 6.45) is 4.45. The lowest BCUT2D eigenvalue weighted by atomic mass is 10.0. The van der Waals surface area contributed by atoms with Gasteiger partial charge < -0.3 is 4.90 Å². The standard InChI is InChI=1S/C17H17F2N3O/c18-12-7-6-10(9-13(12)19)15-5-2-8-22(15)17(23)16-11-3-1-4-14(11)20-21-16/h6-7,9,15H,1-5,8H2,(H,20,21)/t15-/m1/s1. The first-order chi connectivity index (χ1) is 11.1. The number of benzene rings is 1. The highest BCUT2D eigenvalue weighted by molar-refractivity contribution is 5.94. The second kappa shape index (κ2) is 5.44. The van der Waals surface area contributed by atoms with E-state index in [-0.39, 0.29) is 11.9 Å². The highest BCUT2D eigenvalue weighted by Crippen LogP contribution is 2.35. The average Bonchev–Trinajstić information content (AvgIpc) is 3.25. The number of nitrogens with one attached hydrogen (secondary N) is 1. The van der Waals surface area contributed by atoms with Crippen molar-refractivity contribution in [1.29, 1.82) is 0 Å². The predicted octanol–water partition coefficient (Wildman–Crippen LogP) is 3.15. The highest BCUT2D eigenvalue weighted by atomic mass is 19.2. The topological polar surface area (TPSA) is 49.0 Å². The van der Waals surface area contributed by atoms with Gasteiger partial charge in [-0.1, -0.05) is 6.07 Å². The first-order valence-corrected chi connectivity index (χ1v) is 7.97. The number of hydrogen-bond acceptors (Lipinski definition) is 2. The van der Waals surface area contributed by atoms with E-state index >= 15 is 0 Å². The summed E-state index contributed by atoms with van der Waals surface area (Å²) in [6, 6.07) is 3.66. The number of carbonyl (C=O) groups excluding carboxylic acids is 1. The maximum atomic E-state index is 13.5. The number of nitrogens with zero attached hydrogens (tertiary/aromatic N) is 2. The number of aromatic nitrogens is 2. The molecule has 2 aliphatic rings. The third-order valence-electron chi connectivity index (χ3n) is 4.85. The van der Waals surface area contributed by atoms with Crippen LogP contribution in [-0.2, 0) is 12.8 Å². The summed E-state index contributed by atoms with van der Waals surface area (Å²) >= 11 is 0. The van der Waals surface area contributed by atoms with Gasteiger partial charge in [-0.05, 0) is 49.8 Å². The van der Waals surface area contributed by atoms with E-state index in [4.69, 9.17) is 0 Å². The SMILES string of the molecule is O=C(c1n[nH]c2c1CCC2)N1CCC[C@@H]1c1ccc(F)c(F)c1. The summed E-state index contributed by atoms with van der Waals surface area (Å²) in [5, 5.41) is 7.15. The molecule has 0 bridgehead atoms. The molecule has 1 aliphatic heterocycles. The molecule has 2 aromatic rings. The number of rotatable bonds is 2. The van der Waals surface area contributed by atoms with Gasteiger partial charge in [0.05, 0.1) is 6.04 Å². The summed E-state index contributed by atoms with van der Waals surface area (Å²) in [6.45, 7) is 0.615. The van der Waals surface area contributed by atoms with E-state index in [1.54, 1.807) is 11.0 Å². The summed E-state index contributed by atoms with van der Waals surface area (Å²) in [5.74, 6) is -1.85. The van der Waals surface area contributed by atoms with Crippen molar-refractivity contribution in [2.24, 2.45) is 0 Å². The maximum Gasteiger partial charge on any atom is 0.275 e. The molecule has 1 fully saturated rings. The van der Waals surface area contributed by atoms with Crippen LogP contribution >= 0.6 is 0 Å². The second-order valence-electron chi connectivity index (χ2n) is 6.21. The van der Waals surface area contributed by atoms with E-state index < -0.39 is 11.6 Å². The normalized spacial score (nSPS) is 20.1. The maximum absolute atomic E-state index is 13.5. The van der Waals surface area contributed by atoms with Gasteiger partial charge in [0.25, 0.3) is 5.91 Å². The van der Waals surface area contributed by atoms with Crippen LogP contribution in [0.15, 0.2) is 18.2 Å². The number of carbonyl (C=O) groups is 1. The monoisotopic (exact) mass is 317 g/mol. The largest absolute Gasteiger partial charge is 0.330 e. The number of aryl methyl sites for hydroxylation is 1. The van der Waals surface area contributed by atoms with Crippen molar-refractivity contribution in [2.75, 3.05) is 6.54 Å². The molecular formula is C17H17F2N3O. The molecule has 4 nitrogen and oxygen atoms in total. The highest BCUT2D eigenvalue weighted by Gasteiger charge is 2.34. The molecule has 120 valence electrons. The molecule has 0 spiro atoms. The number of hydrogen-bond donors (Lipinski definition) is 1. The van der Waals surface area contributed by atoms with Crippen LogP contribution in [0.25, 0.3) is 0 Å². The van der Waals surface area contributed by atoms with Gasteiger partial charge >= 0.3 is 0 Å². The molecule has 0 saturated carbocycles. The van der Waals surface area contributed by atoms with Gasteiger partial charge in [0.15, 0.2) is 17.3 Å². The molecule has 1 atom stereocenters. The van der Waals surface area contributed by atoms with E-state index in [1.807, 2.05) is 0 Å². The van der Waals surface area contributed by atoms with Crippen molar-refractivity contribution in [3.05, 3.63) is 52.3 Å². The molecule has 6 heteroatoms. The molecule has 1 saturated heterocycles. The van der Waals surface area contributed by atoms with Crippen molar-refractivity contribution in [3.8, 4) is 0 Å². The minimum absolute atomic E-state index is 0.114. The molecule has 1 aromatic heterocycles. The van der Waals surface area contributed by atoms with Crippen LogP contribution < -0.4 is 0 Å². The van der Waals surface area contributed by atoms with Gasteiger partial charge in [-0.2, -0.15) is 5.10 Å². The van der Waals surface area contributed by atoms with Gasteiger partial charge in [-0.15, -0.1) is 0 Å². The number of aromatic amines is 1. The zero-order valence-corrected chi connectivity index (χ0v) is 12.6. The van der Waals surface area contributed by atoms with Gasteiger partial charge in [-0.25, -0.2) is 8.78 Å². The molecule has 1 N–H and O–H groups in total. The predicted molar refractivity (Wildman–Crippen MR) is 80.0 cm³/mol. The number of halogens is 2. The quantitative estimate of drug-likeness (QED) is 0.925. The Bertz CT molecular complexity index is 771. The third-order valence-corrected chi connectivity index (χ3v) is 4.85. The molecule has 1 aliphatic carbocycles. The minimum Gasteiger partial charge on any atom is -0.330 e. The van der Waals surface area contributed by atoms with E-state index in [0.717, 1.165) is 49.4 Å². The molecule has 0 radical (unpaired) electrons. The van der Waals surface area contributed by atoms with Gasteiger partial charge in [0.1, 0.15) is 0 Å². The minimum atomic E-state index is -0.873. The van der Waals surface area contributed by atoms with Crippen LogP contribution in [0.3, 0.4) is 0 Å². The lowest BCUT2D eigenvalue weighted by Crippen LogP contribution is -2.31. The van der Waals surface area contributed by atoms with Crippen LogP contribution in [0.4, 0.5) is 8.78 Å². The Morgan fingerprint density at radius 1 is 1.22 bits per heavy atom. The van der Waals surface area contributed by atoms with Crippen molar-refractivity contribution in [1.82, 2.24) is 15.1 Å². The zero-order chi connectivity index (χ0) is 16.0. The van der Waals surface area contributed by atoms with Crippen LogP contribution in [-0.4, -0.2) is 27.5 Å². The molecule has 1 amide bonds. The average molecular weight is 317 g/mol. The first kappa shape index (κ1) is 14.4. The van der Waals surface area contributed by atoms with Crippen LogP contribution in [0.1, 0.15) is 52.6 Å². The van der Waals surface area contributed by atoms with E-state index in [2.05, 4.69) is 10.2 Å². The van der Waals surface area contributed by atoms with Gasteiger partial charge in [0, 0.05) is 17.8 Å². The van der Waals surface area contributed by atoms with Gasteiger partial charge in [-0.3, -0.25) is 9.89 Å². The molecule has 0 unspecified atom stereocenters. The van der Waals surface area contributed by atoms with Crippen molar-refractivity contribution in [3.63, 3.8) is 0 Å². The fraction of sp³-hybridized carbons (Fsp3) is 0.412. The van der Waals surface area contributed by atoms with Crippen LogP contribution in [0.2, 0.25) is 0 Å². The molecule has 23 heavy (non-hydrogen) atoms. The number of fused-ring (bicyclic) bond motifs is 1. The number of amides is 1. The molecular weight excluding hydrogens is 300 g/mol. The van der Waals surface area contributed by atoms with E-state index in [0.29, 0.717) is 17.8 Å². The van der Waals surface area contributed by atoms with E-state index in [9.17, 15) is 13.6 Å².